The molecule has 0 aliphatic rings. The molecule has 4 aromatic rings. The van der Waals surface area contributed by atoms with Crippen LogP contribution in [0.2, 0.25) is 0 Å². The molecule has 6 nitrogen and oxygen atoms in total. The zero-order chi connectivity index (χ0) is 20.4. The van der Waals surface area contributed by atoms with Gasteiger partial charge in [0.15, 0.2) is 0 Å². The molecule has 0 radical (unpaired) electrons. The summed E-state index contributed by atoms with van der Waals surface area (Å²) in [6.45, 7) is 0. The summed E-state index contributed by atoms with van der Waals surface area (Å²) in [5, 5.41) is 3.48. The number of pyridine rings is 1. The van der Waals surface area contributed by atoms with Crippen molar-refractivity contribution in [2.45, 2.75) is 0 Å². The monoisotopic (exact) mass is 403 g/mol. The van der Waals surface area contributed by atoms with Crippen molar-refractivity contribution in [3.8, 4) is 11.3 Å². The summed E-state index contributed by atoms with van der Waals surface area (Å²) in [5.41, 5.74) is 9.01. The highest BCUT2D eigenvalue weighted by atomic mass is 32.1. The summed E-state index contributed by atoms with van der Waals surface area (Å²) in [4.78, 5) is 30.5. The lowest BCUT2D eigenvalue weighted by molar-refractivity contribution is 0.0602. The predicted octanol–water partition coefficient (Wildman–Crippen LogP) is 4.58. The van der Waals surface area contributed by atoms with Crippen molar-refractivity contribution in [2.24, 2.45) is 0 Å². The largest absolute Gasteiger partial charge is 0.465 e. The van der Waals surface area contributed by atoms with Crippen LogP contribution in [0.25, 0.3) is 21.5 Å². The number of nitrogen functional groups attached to an aromatic ring is 1. The molecule has 29 heavy (non-hydrogen) atoms. The van der Waals surface area contributed by atoms with Crippen LogP contribution in [0.5, 0.6) is 0 Å². The molecule has 1 amide bonds. The zero-order valence-electron chi connectivity index (χ0n) is 15.5. The second-order valence-electron chi connectivity index (χ2n) is 6.25. The van der Waals surface area contributed by atoms with Gasteiger partial charge in [0.2, 0.25) is 0 Å². The Hall–Kier alpha value is -3.71. The van der Waals surface area contributed by atoms with Crippen molar-refractivity contribution in [3.63, 3.8) is 0 Å². The van der Waals surface area contributed by atoms with E-state index in [1.165, 1.54) is 18.4 Å². The van der Waals surface area contributed by atoms with Crippen LogP contribution < -0.4 is 11.1 Å². The summed E-state index contributed by atoms with van der Waals surface area (Å²) < 4.78 is 4.77. The molecule has 3 N–H and O–H groups in total. The molecule has 0 aliphatic carbocycles. The van der Waals surface area contributed by atoms with Crippen LogP contribution in [0, 0.1) is 0 Å². The minimum absolute atomic E-state index is 0.271. The quantitative estimate of drug-likeness (QED) is 0.486. The molecule has 0 fully saturated rings. The van der Waals surface area contributed by atoms with E-state index in [0.29, 0.717) is 21.1 Å². The molecule has 0 spiro atoms. The molecular weight excluding hydrogens is 386 g/mol. The van der Waals surface area contributed by atoms with E-state index in [-0.39, 0.29) is 5.56 Å². The lowest BCUT2D eigenvalue weighted by atomic mass is 10.1. The van der Waals surface area contributed by atoms with E-state index in [1.54, 1.807) is 24.3 Å². The van der Waals surface area contributed by atoms with E-state index >= 15 is 0 Å². The van der Waals surface area contributed by atoms with Gasteiger partial charge in [0.05, 0.1) is 29.7 Å². The number of fused-ring (bicyclic) bond motifs is 1. The summed E-state index contributed by atoms with van der Waals surface area (Å²) >= 11 is 1.22. The number of benzene rings is 2. The van der Waals surface area contributed by atoms with Crippen LogP contribution in [0.15, 0.2) is 66.7 Å². The minimum Gasteiger partial charge on any atom is -0.465 e. The van der Waals surface area contributed by atoms with Gasteiger partial charge in [-0.1, -0.05) is 42.5 Å². The van der Waals surface area contributed by atoms with Crippen LogP contribution >= 0.6 is 11.3 Å². The number of carbonyl (C=O) groups excluding carboxylic acids is 2. The average molecular weight is 403 g/mol. The van der Waals surface area contributed by atoms with Crippen molar-refractivity contribution < 1.29 is 14.3 Å². The van der Waals surface area contributed by atoms with Crippen molar-refractivity contribution >= 4 is 44.8 Å². The number of methoxy groups -OCH3 is 1. The number of hydrogen-bond donors (Lipinski definition) is 2. The van der Waals surface area contributed by atoms with Crippen molar-refractivity contribution in [1.29, 1.82) is 0 Å². The summed E-state index contributed by atoms with van der Waals surface area (Å²) in [5.74, 6) is -0.928. The van der Waals surface area contributed by atoms with Crippen LogP contribution in [0.4, 0.5) is 11.4 Å². The number of rotatable bonds is 4. The van der Waals surface area contributed by atoms with Crippen molar-refractivity contribution in [2.75, 3.05) is 18.2 Å². The highest BCUT2D eigenvalue weighted by Gasteiger charge is 2.20. The second kappa shape index (κ2) is 7.73. The summed E-state index contributed by atoms with van der Waals surface area (Å²) in [6, 6.07) is 20.2. The van der Waals surface area contributed by atoms with E-state index in [4.69, 9.17) is 10.5 Å². The maximum absolute atomic E-state index is 12.9. The first-order chi connectivity index (χ1) is 14.1. The zero-order valence-corrected chi connectivity index (χ0v) is 16.3. The number of aromatic nitrogens is 1. The summed E-state index contributed by atoms with van der Waals surface area (Å²) in [6.07, 6.45) is 0. The number of hydrogen-bond acceptors (Lipinski definition) is 6. The fraction of sp³-hybridized carbons (Fsp3) is 0.0455. The van der Waals surface area contributed by atoms with Gasteiger partial charge in [-0.3, -0.25) is 4.79 Å². The van der Waals surface area contributed by atoms with Crippen molar-refractivity contribution in [3.05, 3.63) is 77.2 Å². The molecule has 0 aliphatic heterocycles. The van der Waals surface area contributed by atoms with E-state index in [2.05, 4.69) is 10.3 Å². The van der Waals surface area contributed by atoms with Gasteiger partial charge in [0, 0.05) is 10.9 Å². The van der Waals surface area contributed by atoms with Crippen molar-refractivity contribution in [1.82, 2.24) is 4.98 Å². The molecule has 0 saturated carbocycles. The number of nitrogens with zero attached hydrogens (tertiary/aromatic N) is 1. The first-order valence-electron chi connectivity index (χ1n) is 8.81. The number of anilines is 2. The average Bonchev–Trinajstić information content (AvgIpc) is 3.10. The number of amides is 1. The molecule has 0 bridgehead atoms. The Morgan fingerprint density at radius 2 is 1.72 bits per heavy atom. The normalized spacial score (nSPS) is 10.7. The Morgan fingerprint density at radius 1 is 1.00 bits per heavy atom. The predicted molar refractivity (Wildman–Crippen MR) is 115 cm³/mol. The fourth-order valence-corrected chi connectivity index (χ4v) is 3.98. The minimum atomic E-state index is -0.528. The number of nitrogens with two attached hydrogens (primary N) is 1. The Kier molecular flexibility index (Phi) is 4.97. The number of esters is 1. The highest BCUT2D eigenvalue weighted by Crippen LogP contribution is 2.34. The molecular formula is C22H17N3O3S. The molecule has 2 aromatic heterocycles. The van der Waals surface area contributed by atoms with Gasteiger partial charge >= 0.3 is 5.97 Å². The molecule has 0 saturated heterocycles. The van der Waals surface area contributed by atoms with E-state index in [9.17, 15) is 9.59 Å². The molecule has 4 rings (SSSR count). The van der Waals surface area contributed by atoms with E-state index in [0.717, 1.165) is 16.6 Å². The number of ether oxygens (including phenoxy) is 1. The highest BCUT2D eigenvalue weighted by molar-refractivity contribution is 7.21. The number of para-hydroxylation sites is 1. The molecule has 144 valence electrons. The Balaban J connectivity index is 1.69. The van der Waals surface area contributed by atoms with Gasteiger partial charge in [0.1, 0.15) is 9.71 Å². The van der Waals surface area contributed by atoms with Crippen LogP contribution in [-0.2, 0) is 4.74 Å². The van der Waals surface area contributed by atoms with Crippen LogP contribution in [0.3, 0.4) is 0 Å². The Bertz CT molecular complexity index is 1220. The van der Waals surface area contributed by atoms with Gasteiger partial charge in [-0.15, -0.1) is 11.3 Å². The Labute approximate surface area is 171 Å². The fourth-order valence-electron chi connectivity index (χ4n) is 2.99. The number of thiophene rings is 1. The SMILES string of the molecule is COC(=O)c1ccccc1NC(=O)c1sc2nc(-c3ccccc3)ccc2c1N. The molecule has 2 aromatic carbocycles. The maximum atomic E-state index is 12.9. The lowest BCUT2D eigenvalue weighted by Gasteiger charge is -2.09. The van der Waals surface area contributed by atoms with Crippen LogP contribution in [-0.4, -0.2) is 24.0 Å². The maximum Gasteiger partial charge on any atom is 0.339 e. The van der Waals surface area contributed by atoms with Gasteiger partial charge in [-0.05, 0) is 24.3 Å². The number of carbonyl (C=O) groups is 2. The standard InChI is InChI=1S/C22H17N3O3S/c1-28-22(27)14-9-5-6-10-17(14)24-20(26)19-18(23)15-11-12-16(25-21(15)29-19)13-7-3-2-4-8-13/h2-12H,23H2,1H3,(H,24,26). The summed E-state index contributed by atoms with van der Waals surface area (Å²) in [7, 11) is 1.29. The molecule has 0 unspecified atom stereocenters. The first kappa shape index (κ1) is 18.6. The third kappa shape index (κ3) is 3.55. The molecule has 7 heteroatoms. The van der Waals surface area contributed by atoms with Gasteiger partial charge in [-0.2, -0.15) is 0 Å². The third-order valence-corrected chi connectivity index (χ3v) is 5.56. The first-order valence-corrected chi connectivity index (χ1v) is 9.63. The van der Waals surface area contributed by atoms with E-state index in [1.807, 2.05) is 42.5 Å². The third-order valence-electron chi connectivity index (χ3n) is 4.45. The number of nitrogens with one attached hydrogen (secondary N) is 1. The second-order valence-corrected chi connectivity index (χ2v) is 7.25. The molecule has 0 atom stereocenters. The van der Waals surface area contributed by atoms with E-state index < -0.39 is 11.9 Å². The van der Waals surface area contributed by atoms with Gasteiger partial charge < -0.3 is 15.8 Å². The Morgan fingerprint density at radius 3 is 2.48 bits per heavy atom. The van der Waals surface area contributed by atoms with Gasteiger partial charge in [0.25, 0.3) is 5.91 Å². The van der Waals surface area contributed by atoms with Crippen LogP contribution in [0.1, 0.15) is 20.0 Å². The molecule has 2 heterocycles. The smallest absolute Gasteiger partial charge is 0.339 e. The van der Waals surface area contributed by atoms with Gasteiger partial charge in [-0.25, -0.2) is 9.78 Å². The topological polar surface area (TPSA) is 94.3 Å². The lowest BCUT2D eigenvalue weighted by Crippen LogP contribution is -2.15.